The monoisotopic (exact) mass is 233 g/mol. The summed E-state index contributed by atoms with van der Waals surface area (Å²) in [6.07, 6.45) is 1.70. The Kier molecular flexibility index (Phi) is 4.15. The molecule has 4 nitrogen and oxygen atoms in total. The van der Waals surface area contributed by atoms with E-state index in [4.69, 9.17) is 11.5 Å². The number of amides is 1. The third-order valence-electron chi connectivity index (χ3n) is 2.52. The van der Waals surface area contributed by atoms with Gasteiger partial charge in [-0.25, -0.2) is 0 Å². The number of anilines is 2. The molecule has 0 spiro atoms. The molecule has 0 heterocycles. The number of carbonyl (C=O) groups excluding carboxylic acids is 1. The van der Waals surface area contributed by atoms with Crippen molar-refractivity contribution in [1.82, 2.24) is 4.90 Å². The topological polar surface area (TPSA) is 72.3 Å². The third kappa shape index (κ3) is 3.00. The Balaban J connectivity index is 3.05. The molecule has 0 saturated heterocycles. The zero-order chi connectivity index (χ0) is 13.0. The van der Waals surface area contributed by atoms with Gasteiger partial charge >= 0.3 is 0 Å². The van der Waals surface area contributed by atoms with E-state index in [1.54, 1.807) is 29.2 Å². The van der Waals surface area contributed by atoms with E-state index in [1.165, 1.54) is 0 Å². The number of nitrogens with zero attached hydrogens (tertiary/aromatic N) is 1. The van der Waals surface area contributed by atoms with Crippen LogP contribution in [-0.4, -0.2) is 23.4 Å². The van der Waals surface area contributed by atoms with E-state index < -0.39 is 0 Å². The van der Waals surface area contributed by atoms with E-state index in [9.17, 15) is 4.79 Å². The van der Waals surface area contributed by atoms with Crippen LogP contribution in [0.25, 0.3) is 0 Å². The predicted octanol–water partition coefficient (Wildman–Crippen LogP) is 1.89. The van der Waals surface area contributed by atoms with Gasteiger partial charge in [0, 0.05) is 24.0 Å². The van der Waals surface area contributed by atoms with Gasteiger partial charge < -0.3 is 16.4 Å². The molecule has 0 radical (unpaired) electrons. The first-order valence-corrected chi connectivity index (χ1v) is 5.54. The van der Waals surface area contributed by atoms with Gasteiger partial charge in [0.25, 0.3) is 5.91 Å². The molecule has 0 atom stereocenters. The summed E-state index contributed by atoms with van der Waals surface area (Å²) in [5.41, 5.74) is 12.8. The Morgan fingerprint density at radius 1 is 1.47 bits per heavy atom. The maximum absolute atomic E-state index is 12.3. The van der Waals surface area contributed by atoms with Crippen LogP contribution in [0.15, 0.2) is 30.9 Å². The fraction of sp³-hybridized carbons (Fsp3) is 0.308. The van der Waals surface area contributed by atoms with Gasteiger partial charge in [-0.3, -0.25) is 4.79 Å². The molecule has 0 aliphatic heterocycles. The lowest BCUT2D eigenvalue weighted by Gasteiger charge is -2.26. The van der Waals surface area contributed by atoms with Crippen LogP contribution < -0.4 is 11.5 Å². The van der Waals surface area contributed by atoms with Gasteiger partial charge in [-0.05, 0) is 32.0 Å². The molecule has 17 heavy (non-hydrogen) atoms. The largest absolute Gasteiger partial charge is 0.399 e. The number of carbonyl (C=O) groups is 1. The lowest BCUT2D eigenvalue weighted by molar-refractivity contribution is 0.0730. The lowest BCUT2D eigenvalue weighted by atomic mass is 10.1. The average Bonchev–Trinajstić information content (AvgIpc) is 2.24. The Hall–Kier alpha value is -1.97. The van der Waals surface area contributed by atoms with E-state index in [-0.39, 0.29) is 11.9 Å². The highest BCUT2D eigenvalue weighted by Crippen LogP contribution is 2.18. The minimum absolute atomic E-state index is 0.0949. The first-order chi connectivity index (χ1) is 7.97. The van der Waals surface area contributed by atoms with Crippen LogP contribution >= 0.6 is 0 Å². The number of nitrogens with two attached hydrogens (primary N) is 2. The molecule has 1 rings (SSSR count). The van der Waals surface area contributed by atoms with Gasteiger partial charge in [-0.1, -0.05) is 6.08 Å². The van der Waals surface area contributed by atoms with Crippen molar-refractivity contribution in [2.45, 2.75) is 19.9 Å². The zero-order valence-corrected chi connectivity index (χ0v) is 10.3. The lowest BCUT2D eigenvalue weighted by Crippen LogP contribution is -2.37. The summed E-state index contributed by atoms with van der Waals surface area (Å²) >= 11 is 0. The van der Waals surface area contributed by atoms with Gasteiger partial charge in [-0.2, -0.15) is 0 Å². The molecule has 0 aromatic heterocycles. The summed E-state index contributed by atoms with van der Waals surface area (Å²) in [6.45, 7) is 8.06. The molecule has 1 amide bonds. The summed E-state index contributed by atoms with van der Waals surface area (Å²) in [7, 11) is 0. The normalized spacial score (nSPS) is 10.3. The van der Waals surface area contributed by atoms with Crippen molar-refractivity contribution in [3.63, 3.8) is 0 Å². The molecule has 0 fully saturated rings. The summed E-state index contributed by atoms with van der Waals surface area (Å²) < 4.78 is 0. The van der Waals surface area contributed by atoms with Crippen LogP contribution in [0.3, 0.4) is 0 Å². The molecule has 1 aromatic carbocycles. The van der Waals surface area contributed by atoms with Crippen LogP contribution in [0.4, 0.5) is 11.4 Å². The predicted molar refractivity (Wildman–Crippen MR) is 71.6 cm³/mol. The van der Waals surface area contributed by atoms with Gasteiger partial charge in [0.1, 0.15) is 0 Å². The van der Waals surface area contributed by atoms with Crippen molar-refractivity contribution >= 4 is 17.3 Å². The van der Waals surface area contributed by atoms with Crippen molar-refractivity contribution in [3.8, 4) is 0 Å². The molecule has 0 aliphatic carbocycles. The summed E-state index contributed by atoms with van der Waals surface area (Å²) in [5, 5.41) is 0. The second-order valence-electron chi connectivity index (χ2n) is 4.19. The van der Waals surface area contributed by atoms with Crippen LogP contribution in [-0.2, 0) is 0 Å². The Bertz CT molecular complexity index is 427. The minimum Gasteiger partial charge on any atom is -0.399 e. The fourth-order valence-electron chi connectivity index (χ4n) is 1.60. The summed E-state index contributed by atoms with van der Waals surface area (Å²) in [6, 6.07) is 5.03. The standard InChI is InChI=1S/C13H19N3O/c1-4-7-16(9(2)3)13(17)11-6-5-10(14)8-12(11)15/h4-6,8-9H,1,7,14-15H2,2-3H3. The molecular weight excluding hydrogens is 214 g/mol. The number of benzene rings is 1. The van der Waals surface area contributed by atoms with Crippen molar-refractivity contribution in [1.29, 1.82) is 0 Å². The highest BCUT2D eigenvalue weighted by Gasteiger charge is 2.19. The van der Waals surface area contributed by atoms with Crippen LogP contribution in [0, 0.1) is 0 Å². The smallest absolute Gasteiger partial charge is 0.256 e. The Morgan fingerprint density at radius 2 is 2.12 bits per heavy atom. The molecule has 0 unspecified atom stereocenters. The first kappa shape index (κ1) is 13.1. The molecule has 4 N–H and O–H groups in total. The second kappa shape index (κ2) is 5.39. The maximum atomic E-state index is 12.3. The van der Waals surface area contributed by atoms with E-state index in [2.05, 4.69) is 6.58 Å². The van der Waals surface area contributed by atoms with Crippen molar-refractivity contribution in [3.05, 3.63) is 36.4 Å². The number of hydrogen-bond acceptors (Lipinski definition) is 3. The first-order valence-electron chi connectivity index (χ1n) is 5.54. The SMILES string of the molecule is C=CCN(C(=O)c1ccc(N)cc1N)C(C)C. The van der Waals surface area contributed by atoms with E-state index in [1.807, 2.05) is 13.8 Å². The molecule has 1 aromatic rings. The Morgan fingerprint density at radius 3 is 2.59 bits per heavy atom. The van der Waals surface area contributed by atoms with Crippen molar-refractivity contribution in [2.75, 3.05) is 18.0 Å². The van der Waals surface area contributed by atoms with Crippen LogP contribution in [0.2, 0.25) is 0 Å². The zero-order valence-electron chi connectivity index (χ0n) is 10.3. The van der Waals surface area contributed by atoms with Gasteiger partial charge in [-0.15, -0.1) is 6.58 Å². The van der Waals surface area contributed by atoms with Crippen molar-refractivity contribution < 1.29 is 4.79 Å². The number of nitrogen functional groups attached to an aromatic ring is 2. The summed E-state index contributed by atoms with van der Waals surface area (Å²) in [5.74, 6) is -0.0996. The Labute approximate surface area is 102 Å². The molecule has 0 aliphatic rings. The fourth-order valence-corrected chi connectivity index (χ4v) is 1.60. The van der Waals surface area contributed by atoms with E-state index in [0.29, 0.717) is 23.5 Å². The van der Waals surface area contributed by atoms with Crippen LogP contribution in [0.1, 0.15) is 24.2 Å². The van der Waals surface area contributed by atoms with Gasteiger partial charge in [0.05, 0.1) is 5.56 Å². The van der Waals surface area contributed by atoms with E-state index in [0.717, 1.165) is 0 Å². The number of rotatable bonds is 4. The van der Waals surface area contributed by atoms with Crippen molar-refractivity contribution in [2.24, 2.45) is 0 Å². The molecule has 0 bridgehead atoms. The third-order valence-corrected chi connectivity index (χ3v) is 2.52. The maximum Gasteiger partial charge on any atom is 0.256 e. The minimum atomic E-state index is -0.0996. The second-order valence-corrected chi connectivity index (χ2v) is 4.19. The molecule has 92 valence electrons. The highest BCUT2D eigenvalue weighted by molar-refractivity contribution is 5.99. The quantitative estimate of drug-likeness (QED) is 0.616. The van der Waals surface area contributed by atoms with E-state index >= 15 is 0 Å². The van der Waals surface area contributed by atoms with Gasteiger partial charge in [0.15, 0.2) is 0 Å². The molecule has 0 saturated carbocycles. The molecular formula is C13H19N3O. The summed E-state index contributed by atoms with van der Waals surface area (Å²) in [4.78, 5) is 14.0. The van der Waals surface area contributed by atoms with Crippen LogP contribution in [0.5, 0.6) is 0 Å². The highest BCUT2D eigenvalue weighted by atomic mass is 16.2. The number of hydrogen-bond donors (Lipinski definition) is 2. The average molecular weight is 233 g/mol. The van der Waals surface area contributed by atoms with Gasteiger partial charge in [0.2, 0.25) is 0 Å². The molecule has 4 heteroatoms.